The Morgan fingerprint density at radius 1 is 0.811 bits per heavy atom. The molecule has 0 fully saturated rings. The lowest BCUT2D eigenvalue weighted by atomic mass is 10.1. The molecule has 0 aliphatic rings. The number of hydrogen-bond acceptors (Lipinski definition) is 4. The molecule has 1 N–H and O–H groups in total. The predicted molar refractivity (Wildman–Crippen MR) is 149 cm³/mol. The number of rotatable bonds is 11. The van der Waals surface area contributed by atoms with Crippen LogP contribution in [0.2, 0.25) is 0 Å². The average molecular weight is 560 g/mol. The lowest BCUT2D eigenvalue weighted by Gasteiger charge is -2.20. The van der Waals surface area contributed by atoms with Gasteiger partial charge in [0.1, 0.15) is 24.7 Å². The molecule has 0 aliphatic heterocycles. The highest BCUT2D eigenvalue weighted by Crippen LogP contribution is 2.29. The fourth-order valence-corrected chi connectivity index (χ4v) is 4.41. The summed E-state index contributed by atoms with van der Waals surface area (Å²) in [4.78, 5) is 14.9. The number of nitrogens with zero attached hydrogens (tertiary/aromatic N) is 1. The molecule has 0 aromatic heterocycles. The van der Waals surface area contributed by atoms with Crippen LogP contribution < -0.4 is 9.47 Å². The van der Waals surface area contributed by atoms with Crippen LogP contribution in [0.5, 0.6) is 11.5 Å². The quantitative estimate of drug-likeness (QED) is 0.230. The monoisotopic (exact) mass is 559 g/mol. The van der Waals surface area contributed by atoms with Gasteiger partial charge in [-0.05, 0) is 63.3 Å². The maximum atomic E-state index is 13.2. The number of carbonyl (C=O) groups excluding carboxylic acids is 1. The highest BCUT2D eigenvalue weighted by molar-refractivity contribution is 9.10. The van der Waals surface area contributed by atoms with E-state index in [1.54, 1.807) is 24.1 Å². The molecule has 0 radical (unpaired) electrons. The van der Waals surface area contributed by atoms with Gasteiger partial charge in [0.15, 0.2) is 0 Å². The fourth-order valence-electron chi connectivity index (χ4n) is 3.85. The van der Waals surface area contributed by atoms with Gasteiger partial charge in [-0.2, -0.15) is 0 Å². The summed E-state index contributed by atoms with van der Waals surface area (Å²) in [6.45, 7) is 1.25. The molecular formula is C31H30BrNO4. The van der Waals surface area contributed by atoms with Gasteiger partial charge in [-0.3, -0.25) is 4.79 Å². The molecule has 0 unspecified atom stereocenters. The van der Waals surface area contributed by atoms with Crippen molar-refractivity contribution in [1.82, 2.24) is 4.90 Å². The number of ether oxygens (including phenoxy) is 2. The SMILES string of the molecule is CN(CCc1ccc(OCc2ccccc2)cc1)C(=O)c1cc(OCc2ccccc2)c(CO)cc1Br. The third kappa shape index (κ3) is 7.44. The molecular weight excluding hydrogens is 530 g/mol. The molecule has 0 saturated carbocycles. The molecule has 0 spiro atoms. The standard InChI is InChI=1S/C31H30BrNO4/c1-33(17-16-23-12-14-27(15-13-23)36-21-24-8-4-2-5-9-24)31(35)28-19-30(26(20-34)18-29(28)32)37-22-25-10-6-3-7-11-25/h2-15,18-19,34H,16-17,20-22H2,1H3. The lowest BCUT2D eigenvalue weighted by Crippen LogP contribution is -2.29. The zero-order valence-corrected chi connectivity index (χ0v) is 22.4. The number of halogens is 1. The first kappa shape index (κ1) is 26.5. The fraction of sp³-hybridized carbons (Fsp3) is 0.194. The third-order valence-corrected chi connectivity index (χ3v) is 6.70. The van der Waals surface area contributed by atoms with E-state index in [0.29, 0.717) is 47.5 Å². The Morgan fingerprint density at radius 2 is 1.41 bits per heavy atom. The Balaban J connectivity index is 1.35. The molecule has 37 heavy (non-hydrogen) atoms. The number of aliphatic hydroxyl groups excluding tert-OH is 1. The first-order valence-corrected chi connectivity index (χ1v) is 12.9. The molecule has 0 heterocycles. The van der Waals surface area contributed by atoms with Crippen LogP contribution in [-0.4, -0.2) is 29.5 Å². The smallest absolute Gasteiger partial charge is 0.254 e. The minimum atomic E-state index is -0.182. The van der Waals surface area contributed by atoms with Gasteiger partial charge in [-0.1, -0.05) is 72.8 Å². The molecule has 0 saturated heterocycles. The number of carbonyl (C=O) groups is 1. The summed E-state index contributed by atoms with van der Waals surface area (Å²) in [6.07, 6.45) is 0.713. The summed E-state index contributed by atoms with van der Waals surface area (Å²) in [5.41, 5.74) is 4.37. The van der Waals surface area contributed by atoms with E-state index in [0.717, 1.165) is 22.4 Å². The van der Waals surface area contributed by atoms with Gasteiger partial charge in [0.05, 0.1) is 12.2 Å². The van der Waals surface area contributed by atoms with Crippen LogP contribution in [0.15, 0.2) is 102 Å². The van der Waals surface area contributed by atoms with Gasteiger partial charge in [-0.15, -0.1) is 0 Å². The molecule has 4 aromatic rings. The van der Waals surface area contributed by atoms with Gasteiger partial charge in [0, 0.05) is 23.6 Å². The van der Waals surface area contributed by atoms with Gasteiger partial charge >= 0.3 is 0 Å². The van der Waals surface area contributed by atoms with Crippen molar-refractivity contribution in [2.75, 3.05) is 13.6 Å². The molecule has 0 atom stereocenters. The zero-order valence-electron chi connectivity index (χ0n) is 20.8. The summed E-state index contributed by atoms with van der Waals surface area (Å²) < 4.78 is 12.5. The van der Waals surface area contributed by atoms with Crippen LogP contribution in [-0.2, 0) is 26.2 Å². The van der Waals surface area contributed by atoms with Crippen LogP contribution in [0.25, 0.3) is 0 Å². The number of amides is 1. The van der Waals surface area contributed by atoms with E-state index in [-0.39, 0.29) is 12.5 Å². The second kappa shape index (κ2) is 13.1. The van der Waals surface area contributed by atoms with E-state index in [1.807, 2.05) is 84.9 Å². The summed E-state index contributed by atoms with van der Waals surface area (Å²) in [6, 6.07) is 31.3. The van der Waals surface area contributed by atoms with Crippen molar-refractivity contribution >= 4 is 21.8 Å². The van der Waals surface area contributed by atoms with Gasteiger partial charge in [-0.25, -0.2) is 0 Å². The lowest BCUT2D eigenvalue weighted by molar-refractivity contribution is 0.0795. The highest BCUT2D eigenvalue weighted by atomic mass is 79.9. The summed E-state index contributed by atoms with van der Waals surface area (Å²) in [7, 11) is 1.79. The van der Waals surface area contributed by atoms with E-state index >= 15 is 0 Å². The molecule has 0 aliphatic carbocycles. The molecule has 1 amide bonds. The Morgan fingerprint density at radius 3 is 2.00 bits per heavy atom. The predicted octanol–water partition coefficient (Wildman–Crippen LogP) is 6.41. The van der Waals surface area contributed by atoms with Crippen molar-refractivity contribution in [2.45, 2.75) is 26.2 Å². The van der Waals surface area contributed by atoms with Crippen LogP contribution in [0.3, 0.4) is 0 Å². The number of hydrogen-bond donors (Lipinski definition) is 1. The van der Waals surface area contributed by atoms with Crippen molar-refractivity contribution in [3.05, 3.63) is 129 Å². The first-order chi connectivity index (χ1) is 18.0. The maximum absolute atomic E-state index is 13.2. The Bertz CT molecular complexity index is 1290. The van der Waals surface area contributed by atoms with Crippen LogP contribution >= 0.6 is 15.9 Å². The number of aliphatic hydroxyl groups is 1. The van der Waals surface area contributed by atoms with Gasteiger partial charge in [0.2, 0.25) is 0 Å². The molecule has 0 bridgehead atoms. The first-order valence-electron chi connectivity index (χ1n) is 12.1. The second-order valence-corrected chi connectivity index (χ2v) is 9.62. The van der Waals surface area contributed by atoms with Gasteiger partial charge < -0.3 is 19.5 Å². The summed E-state index contributed by atoms with van der Waals surface area (Å²) in [5.74, 6) is 1.19. The minimum Gasteiger partial charge on any atom is -0.489 e. The Kier molecular flexibility index (Phi) is 9.35. The van der Waals surface area contributed by atoms with Gasteiger partial charge in [0.25, 0.3) is 5.91 Å². The molecule has 4 aromatic carbocycles. The van der Waals surface area contributed by atoms with E-state index in [2.05, 4.69) is 15.9 Å². The van der Waals surface area contributed by atoms with E-state index in [9.17, 15) is 9.90 Å². The molecule has 6 heteroatoms. The normalized spacial score (nSPS) is 10.7. The molecule has 4 rings (SSSR count). The van der Waals surface area contributed by atoms with Crippen molar-refractivity contribution in [3.8, 4) is 11.5 Å². The van der Waals surface area contributed by atoms with Crippen molar-refractivity contribution in [3.63, 3.8) is 0 Å². The zero-order chi connectivity index (χ0) is 26.0. The maximum Gasteiger partial charge on any atom is 0.254 e. The van der Waals surface area contributed by atoms with Crippen LogP contribution in [0.4, 0.5) is 0 Å². The topological polar surface area (TPSA) is 59.0 Å². The van der Waals surface area contributed by atoms with E-state index in [1.165, 1.54) is 0 Å². The third-order valence-electron chi connectivity index (χ3n) is 6.04. The number of likely N-dealkylation sites (N-methyl/N-ethyl adjacent to an activating group) is 1. The minimum absolute atomic E-state index is 0.122. The van der Waals surface area contributed by atoms with E-state index < -0.39 is 0 Å². The Labute approximate surface area is 226 Å². The summed E-state index contributed by atoms with van der Waals surface area (Å²) in [5, 5.41) is 9.80. The van der Waals surface area contributed by atoms with Crippen LogP contribution in [0, 0.1) is 0 Å². The average Bonchev–Trinajstić information content (AvgIpc) is 2.95. The van der Waals surface area contributed by atoms with Crippen molar-refractivity contribution < 1.29 is 19.4 Å². The van der Waals surface area contributed by atoms with E-state index in [4.69, 9.17) is 9.47 Å². The molecule has 190 valence electrons. The Hall–Kier alpha value is -3.61. The van der Waals surface area contributed by atoms with Crippen LogP contribution in [0.1, 0.15) is 32.6 Å². The van der Waals surface area contributed by atoms with Crippen molar-refractivity contribution in [2.24, 2.45) is 0 Å². The highest BCUT2D eigenvalue weighted by Gasteiger charge is 2.18. The number of benzene rings is 4. The second-order valence-electron chi connectivity index (χ2n) is 8.77. The molecule has 5 nitrogen and oxygen atoms in total. The van der Waals surface area contributed by atoms with Crippen molar-refractivity contribution in [1.29, 1.82) is 0 Å². The summed E-state index contributed by atoms with van der Waals surface area (Å²) >= 11 is 3.49. The largest absolute Gasteiger partial charge is 0.489 e.